The Hall–Kier alpha value is -0.950. The van der Waals surface area contributed by atoms with Crippen LogP contribution in [-0.4, -0.2) is 62.1 Å². The number of hydrogen-bond donors (Lipinski definition) is 1. The lowest BCUT2D eigenvalue weighted by Gasteiger charge is -2.34. The molecule has 1 fully saturated rings. The highest BCUT2D eigenvalue weighted by Gasteiger charge is 2.28. The van der Waals surface area contributed by atoms with E-state index in [-0.39, 0.29) is 6.61 Å². The summed E-state index contributed by atoms with van der Waals surface area (Å²) in [7, 11) is -3.36. The number of nitrogens with zero attached hydrogens (tertiary/aromatic N) is 2. The molecule has 0 atom stereocenters. The van der Waals surface area contributed by atoms with Crippen LogP contribution in [0.5, 0.6) is 0 Å². The van der Waals surface area contributed by atoms with Crippen LogP contribution in [0.15, 0.2) is 29.2 Å². The van der Waals surface area contributed by atoms with Crippen LogP contribution in [0.3, 0.4) is 0 Å². The second-order valence-electron chi connectivity index (χ2n) is 5.84. The fourth-order valence-electron chi connectivity index (χ4n) is 2.68. The van der Waals surface area contributed by atoms with E-state index in [0.717, 1.165) is 44.5 Å². The average Bonchev–Trinajstić information content (AvgIpc) is 2.52. The van der Waals surface area contributed by atoms with Crippen molar-refractivity contribution < 1.29 is 13.5 Å². The largest absolute Gasteiger partial charge is 0.396 e. The molecule has 0 bridgehead atoms. The number of sulfonamides is 1. The van der Waals surface area contributed by atoms with Gasteiger partial charge >= 0.3 is 0 Å². The first kappa shape index (κ1) is 17.4. The van der Waals surface area contributed by atoms with Gasteiger partial charge in [-0.3, -0.25) is 0 Å². The van der Waals surface area contributed by atoms with Crippen molar-refractivity contribution in [2.45, 2.75) is 31.1 Å². The summed E-state index contributed by atoms with van der Waals surface area (Å²) >= 11 is 0. The maximum Gasteiger partial charge on any atom is 0.243 e. The van der Waals surface area contributed by atoms with Gasteiger partial charge < -0.3 is 10.0 Å². The van der Waals surface area contributed by atoms with Gasteiger partial charge in [0.25, 0.3) is 0 Å². The molecule has 0 unspecified atom stereocenters. The first-order valence-corrected chi connectivity index (χ1v) is 9.38. The van der Waals surface area contributed by atoms with Crippen molar-refractivity contribution in [3.05, 3.63) is 29.8 Å². The van der Waals surface area contributed by atoms with E-state index in [4.69, 9.17) is 5.11 Å². The molecular weight excluding hydrogens is 300 g/mol. The van der Waals surface area contributed by atoms with Crippen molar-refractivity contribution >= 4 is 10.0 Å². The zero-order valence-electron chi connectivity index (χ0n) is 13.2. The number of unbranched alkanes of at least 4 members (excludes halogenated alkanes) is 2. The molecule has 1 aliphatic heterocycles. The van der Waals surface area contributed by atoms with Gasteiger partial charge in [-0.25, -0.2) is 8.42 Å². The van der Waals surface area contributed by atoms with Crippen molar-refractivity contribution in [2.24, 2.45) is 0 Å². The minimum Gasteiger partial charge on any atom is -0.396 e. The highest BCUT2D eigenvalue weighted by molar-refractivity contribution is 7.89. The van der Waals surface area contributed by atoms with E-state index in [1.807, 2.05) is 19.1 Å². The molecule has 1 aromatic rings. The molecule has 22 heavy (non-hydrogen) atoms. The molecule has 1 heterocycles. The SMILES string of the molecule is Cc1ccc(S(=O)(=O)N2CCN(CCCCCO)CC2)cc1. The lowest BCUT2D eigenvalue weighted by molar-refractivity contribution is 0.183. The number of piperazine rings is 1. The summed E-state index contributed by atoms with van der Waals surface area (Å²) < 4.78 is 26.8. The Bertz CT molecular complexity index is 549. The van der Waals surface area contributed by atoms with Crippen molar-refractivity contribution in [1.29, 1.82) is 0 Å². The van der Waals surface area contributed by atoms with E-state index in [9.17, 15) is 8.42 Å². The molecule has 124 valence electrons. The van der Waals surface area contributed by atoms with Gasteiger partial charge in [-0.15, -0.1) is 0 Å². The van der Waals surface area contributed by atoms with E-state index in [2.05, 4.69) is 4.90 Å². The van der Waals surface area contributed by atoms with Gasteiger partial charge in [0.2, 0.25) is 10.0 Å². The van der Waals surface area contributed by atoms with Gasteiger partial charge in [-0.1, -0.05) is 17.7 Å². The summed E-state index contributed by atoms with van der Waals surface area (Å²) in [5.41, 5.74) is 1.06. The monoisotopic (exact) mass is 326 g/mol. The van der Waals surface area contributed by atoms with Gasteiger partial charge in [0.05, 0.1) is 4.90 Å². The normalized spacial score (nSPS) is 17.7. The van der Waals surface area contributed by atoms with Crippen LogP contribution in [0.4, 0.5) is 0 Å². The molecule has 6 heteroatoms. The maximum absolute atomic E-state index is 12.6. The number of aryl methyl sites for hydroxylation is 1. The lowest BCUT2D eigenvalue weighted by Crippen LogP contribution is -2.48. The zero-order chi connectivity index (χ0) is 16.0. The number of aliphatic hydroxyl groups excluding tert-OH is 1. The molecule has 1 N–H and O–H groups in total. The van der Waals surface area contributed by atoms with Crippen molar-refractivity contribution in [3.63, 3.8) is 0 Å². The Kier molecular flexibility index (Phi) is 6.37. The molecule has 5 nitrogen and oxygen atoms in total. The maximum atomic E-state index is 12.6. The summed E-state index contributed by atoms with van der Waals surface area (Å²) in [6, 6.07) is 7.05. The molecule has 1 aliphatic rings. The highest BCUT2D eigenvalue weighted by atomic mass is 32.2. The summed E-state index contributed by atoms with van der Waals surface area (Å²) in [6.07, 6.45) is 2.94. The Morgan fingerprint density at radius 3 is 2.23 bits per heavy atom. The van der Waals surface area contributed by atoms with Crippen LogP contribution in [-0.2, 0) is 10.0 Å². The standard InChI is InChI=1S/C16H26N2O3S/c1-15-5-7-16(8-6-15)22(20,21)18-12-10-17(11-13-18)9-3-2-4-14-19/h5-8,19H,2-4,9-14H2,1H3. The van der Waals surface area contributed by atoms with Crippen LogP contribution < -0.4 is 0 Å². The van der Waals surface area contributed by atoms with Crippen LogP contribution >= 0.6 is 0 Å². The summed E-state index contributed by atoms with van der Waals surface area (Å²) in [4.78, 5) is 2.69. The number of rotatable bonds is 7. The quantitative estimate of drug-likeness (QED) is 0.771. The smallest absolute Gasteiger partial charge is 0.243 e. The predicted molar refractivity (Wildman–Crippen MR) is 87.3 cm³/mol. The van der Waals surface area contributed by atoms with E-state index in [1.54, 1.807) is 16.4 Å². The minimum absolute atomic E-state index is 0.253. The van der Waals surface area contributed by atoms with E-state index >= 15 is 0 Å². The Morgan fingerprint density at radius 2 is 1.64 bits per heavy atom. The van der Waals surface area contributed by atoms with Gasteiger partial charge in [0.1, 0.15) is 0 Å². The van der Waals surface area contributed by atoms with Crippen molar-refractivity contribution in [1.82, 2.24) is 9.21 Å². The third kappa shape index (κ3) is 4.52. The van der Waals surface area contributed by atoms with E-state index in [1.165, 1.54) is 0 Å². The van der Waals surface area contributed by atoms with E-state index < -0.39 is 10.0 Å². The number of aliphatic hydroxyl groups is 1. The number of hydrogen-bond acceptors (Lipinski definition) is 4. The molecule has 0 aromatic heterocycles. The molecule has 0 aliphatic carbocycles. The Balaban J connectivity index is 1.86. The third-order valence-electron chi connectivity index (χ3n) is 4.12. The van der Waals surface area contributed by atoms with Crippen molar-refractivity contribution in [2.75, 3.05) is 39.3 Å². The Labute approximate surface area is 133 Å². The summed E-state index contributed by atoms with van der Waals surface area (Å²) in [5.74, 6) is 0. The zero-order valence-corrected chi connectivity index (χ0v) is 14.1. The molecule has 2 rings (SSSR count). The summed E-state index contributed by atoms with van der Waals surface area (Å²) in [6.45, 7) is 5.85. The van der Waals surface area contributed by atoms with Crippen molar-refractivity contribution in [3.8, 4) is 0 Å². The molecule has 0 radical (unpaired) electrons. The van der Waals surface area contributed by atoms with Gasteiger partial charge in [-0.05, 0) is 44.9 Å². The molecule has 0 amide bonds. The van der Waals surface area contributed by atoms with Gasteiger partial charge in [0.15, 0.2) is 0 Å². The number of benzene rings is 1. The predicted octanol–water partition coefficient (Wildman–Crippen LogP) is 1.46. The Morgan fingerprint density at radius 1 is 1.00 bits per heavy atom. The molecule has 1 aromatic carbocycles. The topological polar surface area (TPSA) is 60.9 Å². The van der Waals surface area contributed by atoms with Crippen LogP contribution in [0.25, 0.3) is 0 Å². The minimum atomic E-state index is -3.36. The fourth-order valence-corrected chi connectivity index (χ4v) is 4.10. The average molecular weight is 326 g/mol. The van der Waals surface area contributed by atoms with Gasteiger partial charge in [-0.2, -0.15) is 4.31 Å². The first-order valence-electron chi connectivity index (χ1n) is 7.94. The lowest BCUT2D eigenvalue weighted by atomic mass is 10.2. The second-order valence-corrected chi connectivity index (χ2v) is 7.78. The molecular formula is C16H26N2O3S. The highest BCUT2D eigenvalue weighted by Crippen LogP contribution is 2.18. The van der Waals surface area contributed by atoms with E-state index in [0.29, 0.717) is 18.0 Å². The third-order valence-corrected chi connectivity index (χ3v) is 6.04. The van der Waals surface area contributed by atoms with Crippen LogP contribution in [0, 0.1) is 6.92 Å². The fraction of sp³-hybridized carbons (Fsp3) is 0.625. The van der Waals surface area contributed by atoms with Crippen LogP contribution in [0.2, 0.25) is 0 Å². The molecule has 0 saturated carbocycles. The van der Waals surface area contributed by atoms with Crippen LogP contribution in [0.1, 0.15) is 24.8 Å². The molecule has 1 saturated heterocycles. The van der Waals surface area contributed by atoms with Gasteiger partial charge in [0, 0.05) is 32.8 Å². The summed E-state index contributed by atoms with van der Waals surface area (Å²) in [5, 5.41) is 8.77. The second kappa shape index (κ2) is 8.06. The molecule has 0 spiro atoms. The first-order chi connectivity index (χ1) is 10.5.